The number of hydrogen-bond donors (Lipinski definition) is 0. The highest BCUT2D eigenvalue weighted by atomic mass is 35.5. The first-order valence-electron chi connectivity index (χ1n) is 7.07. The summed E-state index contributed by atoms with van der Waals surface area (Å²) in [5, 5.41) is -0.283. The number of aromatic nitrogens is 1. The van der Waals surface area contributed by atoms with E-state index in [1.807, 2.05) is 0 Å². The monoisotopic (exact) mass is 391 g/mol. The van der Waals surface area contributed by atoms with Crippen molar-refractivity contribution in [1.82, 2.24) is 4.98 Å². The van der Waals surface area contributed by atoms with Crippen molar-refractivity contribution in [2.75, 3.05) is 0 Å². The number of halogens is 7. The minimum Gasteiger partial charge on any atom is -0.427 e. The van der Waals surface area contributed by atoms with Crippen molar-refractivity contribution >= 4 is 11.6 Å². The Labute approximate surface area is 148 Å². The first kappa shape index (κ1) is 18.3. The maximum absolute atomic E-state index is 12.7. The molecule has 9 heteroatoms. The molecule has 3 aromatic rings. The number of hydrogen-bond acceptors (Lipinski definition) is 2. The van der Waals surface area contributed by atoms with Crippen LogP contribution in [0.1, 0.15) is 11.1 Å². The standard InChI is InChI=1S/C17H8ClF6NO/c18-15-25-13(9-1-5-11(6-2-9)16(19,20)21)14(26-15)10-3-7-12(8-4-10)17(22,23)24/h1-8H. The number of rotatable bonds is 2. The van der Waals surface area contributed by atoms with Gasteiger partial charge in [0.15, 0.2) is 5.76 Å². The number of benzene rings is 2. The van der Waals surface area contributed by atoms with E-state index in [9.17, 15) is 26.3 Å². The molecular formula is C17H8ClF6NO. The van der Waals surface area contributed by atoms with Crippen LogP contribution in [0.2, 0.25) is 5.35 Å². The molecule has 0 saturated heterocycles. The molecule has 0 radical (unpaired) electrons. The highest BCUT2D eigenvalue weighted by molar-refractivity contribution is 6.28. The summed E-state index contributed by atoms with van der Waals surface area (Å²) in [5.41, 5.74) is -1.02. The van der Waals surface area contributed by atoms with E-state index in [1.54, 1.807) is 0 Å². The van der Waals surface area contributed by atoms with Gasteiger partial charge in [-0.25, -0.2) is 0 Å². The molecular weight excluding hydrogens is 384 g/mol. The maximum Gasteiger partial charge on any atom is 0.416 e. The molecule has 1 heterocycles. The molecule has 2 nitrogen and oxygen atoms in total. The Balaban J connectivity index is 2.01. The SMILES string of the molecule is FC(F)(F)c1ccc(-c2nc(Cl)oc2-c2ccc(C(F)(F)F)cc2)cc1. The topological polar surface area (TPSA) is 26.0 Å². The lowest BCUT2D eigenvalue weighted by Gasteiger charge is -2.08. The minimum absolute atomic E-state index is 0.0588. The second-order valence-corrected chi connectivity index (χ2v) is 5.62. The van der Waals surface area contributed by atoms with Gasteiger partial charge in [-0.3, -0.25) is 0 Å². The van der Waals surface area contributed by atoms with Gasteiger partial charge in [0.1, 0.15) is 5.69 Å². The van der Waals surface area contributed by atoms with Crippen molar-refractivity contribution < 1.29 is 30.8 Å². The van der Waals surface area contributed by atoms with E-state index in [2.05, 4.69) is 4.98 Å². The Morgan fingerprint density at radius 1 is 0.692 bits per heavy atom. The smallest absolute Gasteiger partial charge is 0.416 e. The summed E-state index contributed by atoms with van der Waals surface area (Å²) in [6.45, 7) is 0. The van der Waals surface area contributed by atoms with Gasteiger partial charge in [-0.2, -0.15) is 31.3 Å². The zero-order valence-electron chi connectivity index (χ0n) is 12.6. The van der Waals surface area contributed by atoms with E-state index in [-0.39, 0.29) is 27.9 Å². The van der Waals surface area contributed by atoms with Crippen molar-refractivity contribution in [2.45, 2.75) is 12.4 Å². The lowest BCUT2D eigenvalue weighted by molar-refractivity contribution is -0.138. The largest absolute Gasteiger partial charge is 0.427 e. The predicted molar refractivity (Wildman–Crippen MR) is 82.4 cm³/mol. The van der Waals surface area contributed by atoms with Crippen LogP contribution in [0.5, 0.6) is 0 Å². The predicted octanol–water partition coefficient (Wildman–Crippen LogP) is 6.70. The zero-order chi connectivity index (χ0) is 19.1. The molecule has 0 aliphatic carbocycles. The van der Waals surface area contributed by atoms with Crippen LogP contribution in [-0.4, -0.2) is 4.98 Å². The van der Waals surface area contributed by atoms with E-state index in [4.69, 9.17) is 16.0 Å². The molecule has 3 rings (SSSR count). The van der Waals surface area contributed by atoms with Crippen LogP contribution in [0, 0.1) is 0 Å². The first-order valence-corrected chi connectivity index (χ1v) is 7.45. The molecule has 0 fully saturated rings. The molecule has 0 spiro atoms. The molecule has 2 aromatic carbocycles. The summed E-state index contributed by atoms with van der Waals surface area (Å²) in [4.78, 5) is 3.92. The highest BCUT2D eigenvalue weighted by Gasteiger charge is 2.31. The number of nitrogens with zero attached hydrogens (tertiary/aromatic N) is 1. The molecule has 0 aliphatic rings. The Bertz CT molecular complexity index is 835. The lowest BCUT2D eigenvalue weighted by atomic mass is 10.0. The Kier molecular flexibility index (Phi) is 4.47. The molecule has 1 aromatic heterocycles. The van der Waals surface area contributed by atoms with Gasteiger partial charge in [0.25, 0.3) is 5.35 Å². The van der Waals surface area contributed by atoms with E-state index < -0.39 is 23.5 Å². The maximum atomic E-state index is 12.7. The molecule has 0 unspecified atom stereocenters. The molecule has 0 bridgehead atoms. The quantitative estimate of drug-likeness (QED) is 0.454. The second kappa shape index (κ2) is 6.35. The second-order valence-electron chi connectivity index (χ2n) is 5.29. The third kappa shape index (κ3) is 3.70. The third-order valence-electron chi connectivity index (χ3n) is 3.56. The molecule has 136 valence electrons. The number of alkyl halides is 6. The molecule has 0 amide bonds. The summed E-state index contributed by atoms with van der Waals surface area (Å²) in [7, 11) is 0. The first-order chi connectivity index (χ1) is 12.1. The molecule has 0 N–H and O–H groups in total. The fourth-order valence-corrected chi connectivity index (χ4v) is 2.47. The van der Waals surface area contributed by atoms with Gasteiger partial charge in [0.2, 0.25) is 0 Å². The summed E-state index contributed by atoms with van der Waals surface area (Å²) in [6, 6.07) is 8.18. The number of oxazole rings is 1. The average molecular weight is 392 g/mol. The van der Waals surface area contributed by atoms with Crippen LogP contribution in [0.25, 0.3) is 22.6 Å². The third-order valence-corrected chi connectivity index (χ3v) is 3.72. The van der Waals surface area contributed by atoms with Gasteiger partial charge in [-0.1, -0.05) is 24.3 Å². The normalized spacial score (nSPS) is 12.4. The van der Waals surface area contributed by atoms with Crippen molar-refractivity contribution in [2.24, 2.45) is 0 Å². The lowest BCUT2D eigenvalue weighted by Crippen LogP contribution is -2.04. The van der Waals surface area contributed by atoms with E-state index >= 15 is 0 Å². The Morgan fingerprint density at radius 3 is 1.54 bits per heavy atom. The summed E-state index contributed by atoms with van der Waals surface area (Å²) in [6.07, 6.45) is -8.98. The van der Waals surface area contributed by atoms with Crippen LogP contribution in [0.4, 0.5) is 26.3 Å². The van der Waals surface area contributed by atoms with Crippen molar-refractivity contribution in [1.29, 1.82) is 0 Å². The van der Waals surface area contributed by atoms with E-state index in [0.717, 1.165) is 24.3 Å². The van der Waals surface area contributed by atoms with Crippen LogP contribution >= 0.6 is 11.6 Å². The van der Waals surface area contributed by atoms with Gasteiger partial charge in [0.05, 0.1) is 11.1 Å². The van der Waals surface area contributed by atoms with Gasteiger partial charge in [0, 0.05) is 11.1 Å². The van der Waals surface area contributed by atoms with Crippen LogP contribution < -0.4 is 0 Å². The Morgan fingerprint density at radius 2 is 1.12 bits per heavy atom. The average Bonchev–Trinajstić information content (AvgIpc) is 2.95. The molecule has 0 saturated carbocycles. The van der Waals surface area contributed by atoms with Gasteiger partial charge in [-0.05, 0) is 35.9 Å². The Hall–Kier alpha value is -2.48. The molecule has 26 heavy (non-hydrogen) atoms. The fraction of sp³-hybridized carbons (Fsp3) is 0.118. The van der Waals surface area contributed by atoms with Crippen LogP contribution in [0.3, 0.4) is 0 Å². The van der Waals surface area contributed by atoms with Crippen LogP contribution in [-0.2, 0) is 12.4 Å². The summed E-state index contributed by atoms with van der Waals surface area (Å²) in [5.74, 6) is 0.0588. The van der Waals surface area contributed by atoms with E-state index in [0.29, 0.717) is 0 Å². The molecule has 0 atom stereocenters. The summed E-state index contributed by atoms with van der Waals surface area (Å²) < 4.78 is 81.2. The van der Waals surface area contributed by atoms with Crippen molar-refractivity contribution in [3.8, 4) is 22.6 Å². The van der Waals surface area contributed by atoms with Crippen LogP contribution in [0.15, 0.2) is 52.9 Å². The van der Waals surface area contributed by atoms with Gasteiger partial charge in [-0.15, -0.1) is 0 Å². The molecule has 0 aliphatic heterocycles. The van der Waals surface area contributed by atoms with Gasteiger partial charge < -0.3 is 4.42 Å². The van der Waals surface area contributed by atoms with Crippen molar-refractivity contribution in [3.63, 3.8) is 0 Å². The fourth-order valence-electron chi connectivity index (χ4n) is 2.31. The highest BCUT2D eigenvalue weighted by Crippen LogP contribution is 2.37. The van der Waals surface area contributed by atoms with E-state index in [1.165, 1.54) is 24.3 Å². The zero-order valence-corrected chi connectivity index (χ0v) is 13.4. The van der Waals surface area contributed by atoms with Gasteiger partial charge >= 0.3 is 12.4 Å². The van der Waals surface area contributed by atoms with Crippen molar-refractivity contribution in [3.05, 3.63) is 65.0 Å². The summed E-state index contributed by atoms with van der Waals surface area (Å²) >= 11 is 5.74. The minimum atomic E-state index is -4.49.